The van der Waals surface area contributed by atoms with E-state index in [1.165, 1.54) is 0 Å². The van der Waals surface area contributed by atoms with Crippen molar-refractivity contribution < 1.29 is 4.79 Å². The molecule has 1 N–H and O–H groups in total. The van der Waals surface area contributed by atoms with Crippen molar-refractivity contribution in [3.8, 4) is 0 Å². The molecule has 1 amide bonds. The number of hydrogen-bond acceptors (Lipinski definition) is 3. The third kappa shape index (κ3) is 4.10. The maximum absolute atomic E-state index is 12.0. The number of nitrogens with one attached hydrogen (secondary N) is 1. The van der Waals surface area contributed by atoms with Gasteiger partial charge in [0.2, 0.25) is 5.91 Å². The van der Waals surface area contributed by atoms with Gasteiger partial charge in [-0.1, -0.05) is 6.92 Å². The normalized spacial score (nSPS) is 20.8. The van der Waals surface area contributed by atoms with Crippen LogP contribution < -0.4 is 5.32 Å². The van der Waals surface area contributed by atoms with Gasteiger partial charge in [0.05, 0.1) is 0 Å². The van der Waals surface area contributed by atoms with Crippen molar-refractivity contribution in [3.05, 3.63) is 0 Å². The Balaban J connectivity index is 2.35. The summed E-state index contributed by atoms with van der Waals surface area (Å²) < 4.78 is 0. The predicted molar refractivity (Wildman–Crippen MR) is 66.4 cm³/mol. The topological polar surface area (TPSA) is 35.6 Å². The maximum Gasteiger partial charge on any atom is 0.224 e. The first-order chi connectivity index (χ1) is 7.65. The SMILES string of the molecule is CCNCCC(=O)N1CCCC1CN(C)C. The molecular weight excluding hydrogens is 202 g/mol. The second kappa shape index (κ2) is 6.86. The standard InChI is InChI=1S/C12H25N3O/c1-4-13-8-7-12(16)15-9-5-6-11(15)10-14(2)3/h11,13H,4-10H2,1-3H3. The summed E-state index contributed by atoms with van der Waals surface area (Å²) in [6, 6.07) is 0.434. The molecule has 1 fully saturated rings. The maximum atomic E-state index is 12.0. The van der Waals surface area contributed by atoms with E-state index in [9.17, 15) is 4.79 Å². The lowest BCUT2D eigenvalue weighted by atomic mass is 10.2. The minimum Gasteiger partial charge on any atom is -0.338 e. The summed E-state index contributed by atoms with van der Waals surface area (Å²) in [6.07, 6.45) is 2.95. The zero-order valence-corrected chi connectivity index (χ0v) is 10.8. The Morgan fingerprint density at radius 2 is 2.25 bits per heavy atom. The average Bonchev–Trinajstić information content (AvgIpc) is 2.65. The molecular formula is C12H25N3O. The van der Waals surface area contributed by atoms with Gasteiger partial charge in [0.25, 0.3) is 0 Å². The van der Waals surface area contributed by atoms with Crippen LogP contribution in [-0.4, -0.2) is 62.0 Å². The van der Waals surface area contributed by atoms with Crippen molar-refractivity contribution in [2.45, 2.75) is 32.2 Å². The van der Waals surface area contributed by atoms with E-state index < -0.39 is 0 Å². The summed E-state index contributed by atoms with van der Waals surface area (Å²) in [5.41, 5.74) is 0. The van der Waals surface area contributed by atoms with Crippen molar-refractivity contribution >= 4 is 5.91 Å². The summed E-state index contributed by atoms with van der Waals surface area (Å²) >= 11 is 0. The number of likely N-dealkylation sites (N-methyl/N-ethyl adjacent to an activating group) is 1. The van der Waals surface area contributed by atoms with Gasteiger partial charge in [-0.15, -0.1) is 0 Å². The van der Waals surface area contributed by atoms with Crippen molar-refractivity contribution in [2.24, 2.45) is 0 Å². The Morgan fingerprint density at radius 3 is 2.88 bits per heavy atom. The molecule has 0 saturated carbocycles. The minimum atomic E-state index is 0.310. The summed E-state index contributed by atoms with van der Waals surface area (Å²) in [6.45, 7) is 5.75. The lowest BCUT2D eigenvalue weighted by Gasteiger charge is -2.27. The number of hydrogen-bond donors (Lipinski definition) is 1. The Bertz CT molecular complexity index is 218. The molecule has 4 nitrogen and oxygen atoms in total. The third-order valence-electron chi connectivity index (χ3n) is 3.04. The third-order valence-corrected chi connectivity index (χ3v) is 3.04. The van der Waals surface area contributed by atoms with Gasteiger partial charge in [0, 0.05) is 32.1 Å². The zero-order valence-electron chi connectivity index (χ0n) is 10.8. The number of likely N-dealkylation sites (tertiary alicyclic amines) is 1. The Morgan fingerprint density at radius 1 is 1.50 bits per heavy atom. The van der Waals surface area contributed by atoms with E-state index in [0.717, 1.165) is 39.0 Å². The Kier molecular flexibility index (Phi) is 5.77. The van der Waals surface area contributed by atoms with Crippen LogP contribution in [0.4, 0.5) is 0 Å². The van der Waals surface area contributed by atoms with Crippen molar-refractivity contribution in [2.75, 3.05) is 40.3 Å². The smallest absolute Gasteiger partial charge is 0.224 e. The van der Waals surface area contributed by atoms with E-state index in [1.54, 1.807) is 0 Å². The lowest BCUT2D eigenvalue weighted by molar-refractivity contribution is -0.132. The van der Waals surface area contributed by atoms with Gasteiger partial charge in [0.1, 0.15) is 0 Å². The van der Waals surface area contributed by atoms with Crippen LogP contribution >= 0.6 is 0 Å². The Labute approximate surface area is 99.0 Å². The van der Waals surface area contributed by atoms with E-state index in [-0.39, 0.29) is 0 Å². The van der Waals surface area contributed by atoms with Crippen molar-refractivity contribution in [1.29, 1.82) is 0 Å². The van der Waals surface area contributed by atoms with Gasteiger partial charge in [-0.3, -0.25) is 4.79 Å². The molecule has 94 valence electrons. The van der Waals surface area contributed by atoms with E-state index in [4.69, 9.17) is 0 Å². The lowest BCUT2D eigenvalue weighted by Crippen LogP contribution is -2.42. The van der Waals surface area contributed by atoms with Gasteiger partial charge in [-0.25, -0.2) is 0 Å². The van der Waals surface area contributed by atoms with Gasteiger partial charge in [0.15, 0.2) is 0 Å². The van der Waals surface area contributed by atoms with Gasteiger partial charge < -0.3 is 15.1 Å². The molecule has 0 aromatic carbocycles. The predicted octanol–water partition coefficient (Wildman–Crippen LogP) is 0.539. The van der Waals surface area contributed by atoms with Crippen LogP contribution in [0.5, 0.6) is 0 Å². The number of amides is 1. The highest BCUT2D eigenvalue weighted by molar-refractivity contribution is 5.77. The molecule has 0 aromatic heterocycles. The van der Waals surface area contributed by atoms with Crippen LogP contribution in [0.1, 0.15) is 26.2 Å². The largest absolute Gasteiger partial charge is 0.338 e. The molecule has 1 aliphatic rings. The quantitative estimate of drug-likeness (QED) is 0.673. The first-order valence-electron chi connectivity index (χ1n) is 6.30. The highest BCUT2D eigenvalue weighted by atomic mass is 16.2. The average molecular weight is 227 g/mol. The molecule has 1 rings (SSSR count). The zero-order chi connectivity index (χ0) is 12.0. The number of carbonyl (C=O) groups excluding carboxylic acids is 1. The van der Waals surface area contributed by atoms with Gasteiger partial charge >= 0.3 is 0 Å². The molecule has 0 radical (unpaired) electrons. The number of nitrogens with zero attached hydrogens (tertiary/aromatic N) is 2. The summed E-state index contributed by atoms with van der Waals surface area (Å²) in [4.78, 5) is 16.2. The van der Waals surface area contributed by atoms with Crippen LogP contribution in [-0.2, 0) is 4.79 Å². The second-order valence-corrected chi connectivity index (χ2v) is 4.75. The number of rotatable bonds is 6. The van der Waals surface area contributed by atoms with Crippen LogP contribution in [0.3, 0.4) is 0 Å². The van der Waals surface area contributed by atoms with Crippen molar-refractivity contribution in [1.82, 2.24) is 15.1 Å². The molecule has 1 aliphatic heterocycles. The molecule has 1 atom stereocenters. The minimum absolute atomic E-state index is 0.310. The first-order valence-corrected chi connectivity index (χ1v) is 6.30. The molecule has 1 saturated heterocycles. The fourth-order valence-electron chi connectivity index (χ4n) is 2.29. The summed E-state index contributed by atoms with van der Waals surface area (Å²) in [5, 5.41) is 3.20. The highest BCUT2D eigenvalue weighted by Gasteiger charge is 2.28. The Hall–Kier alpha value is -0.610. The summed E-state index contributed by atoms with van der Waals surface area (Å²) in [7, 11) is 4.14. The van der Waals surface area contributed by atoms with E-state index in [0.29, 0.717) is 18.4 Å². The van der Waals surface area contributed by atoms with E-state index in [1.807, 2.05) is 0 Å². The van der Waals surface area contributed by atoms with E-state index in [2.05, 4.69) is 36.1 Å². The molecule has 16 heavy (non-hydrogen) atoms. The fourth-order valence-corrected chi connectivity index (χ4v) is 2.29. The molecule has 1 unspecified atom stereocenters. The van der Waals surface area contributed by atoms with Gasteiger partial charge in [-0.2, -0.15) is 0 Å². The van der Waals surface area contributed by atoms with Crippen LogP contribution in [0.15, 0.2) is 0 Å². The molecule has 0 bridgehead atoms. The van der Waals surface area contributed by atoms with Crippen LogP contribution in [0, 0.1) is 0 Å². The van der Waals surface area contributed by atoms with Crippen LogP contribution in [0.2, 0.25) is 0 Å². The highest BCUT2D eigenvalue weighted by Crippen LogP contribution is 2.18. The molecule has 0 aromatic rings. The second-order valence-electron chi connectivity index (χ2n) is 4.75. The molecule has 0 aliphatic carbocycles. The van der Waals surface area contributed by atoms with Crippen LogP contribution in [0.25, 0.3) is 0 Å². The molecule has 4 heteroatoms. The molecule has 0 spiro atoms. The monoisotopic (exact) mass is 227 g/mol. The first kappa shape index (κ1) is 13.5. The fraction of sp³-hybridized carbons (Fsp3) is 0.917. The summed E-state index contributed by atoms with van der Waals surface area (Å²) in [5.74, 6) is 0.310. The molecule has 1 heterocycles. The van der Waals surface area contributed by atoms with E-state index >= 15 is 0 Å². The van der Waals surface area contributed by atoms with Gasteiger partial charge in [-0.05, 0) is 33.5 Å². The van der Waals surface area contributed by atoms with Crippen molar-refractivity contribution in [3.63, 3.8) is 0 Å². The number of carbonyl (C=O) groups is 1.